The number of nitrogens with zero attached hydrogens (tertiary/aromatic N) is 2. The Hall–Kier alpha value is -4.53. The van der Waals surface area contributed by atoms with E-state index in [-0.39, 0.29) is 43.3 Å². The molecule has 3 amide bonds. The predicted octanol–water partition coefficient (Wildman–Crippen LogP) is 5.06. The third-order valence-corrected chi connectivity index (χ3v) is 9.13. The van der Waals surface area contributed by atoms with Crippen LogP contribution in [0.25, 0.3) is 0 Å². The smallest absolute Gasteiger partial charge is 0.320 e. The molecule has 0 bridgehead atoms. The van der Waals surface area contributed by atoms with Gasteiger partial charge in [-0.15, -0.1) is 0 Å². The quantitative estimate of drug-likeness (QED) is 0.206. The number of carbonyl (C=O) groups excluding carboxylic acids is 2. The summed E-state index contributed by atoms with van der Waals surface area (Å²) >= 11 is 0. The zero-order valence-electron chi connectivity index (χ0n) is 25.7. The van der Waals surface area contributed by atoms with Gasteiger partial charge in [0, 0.05) is 32.0 Å². The van der Waals surface area contributed by atoms with Crippen LogP contribution in [0.4, 0.5) is 9.18 Å². The first kappa shape index (κ1) is 31.5. The number of hydrogen-bond donors (Lipinski definition) is 3. The molecule has 1 fully saturated rings. The van der Waals surface area contributed by atoms with Gasteiger partial charge in [-0.1, -0.05) is 97.1 Å². The Morgan fingerprint density at radius 1 is 0.891 bits per heavy atom. The van der Waals surface area contributed by atoms with Crippen molar-refractivity contribution in [1.29, 1.82) is 0 Å². The molecule has 0 saturated carbocycles. The van der Waals surface area contributed by atoms with E-state index in [1.807, 2.05) is 84.9 Å². The third-order valence-electron chi connectivity index (χ3n) is 9.13. The van der Waals surface area contributed by atoms with Gasteiger partial charge in [-0.05, 0) is 59.2 Å². The number of aliphatic hydroxyl groups is 2. The highest BCUT2D eigenvalue weighted by molar-refractivity contribution is 5.80. The molecule has 1 saturated heterocycles. The van der Waals surface area contributed by atoms with Crippen molar-refractivity contribution >= 4 is 11.9 Å². The number of hydrogen-bond acceptors (Lipinski definition) is 4. The van der Waals surface area contributed by atoms with Crippen LogP contribution in [0, 0.1) is 11.7 Å². The van der Waals surface area contributed by atoms with E-state index >= 15 is 0 Å². The molecule has 4 aromatic rings. The number of halogens is 1. The lowest BCUT2D eigenvalue weighted by atomic mass is 9.91. The van der Waals surface area contributed by atoms with Crippen LogP contribution in [-0.2, 0) is 30.6 Å². The maximum absolute atomic E-state index is 13.9. The van der Waals surface area contributed by atoms with Crippen molar-refractivity contribution in [3.8, 4) is 0 Å². The molecular weight excluding hydrogens is 581 g/mol. The molecule has 0 radical (unpaired) electrons. The summed E-state index contributed by atoms with van der Waals surface area (Å²) in [5, 5.41) is 25.4. The Kier molecular flexibility index (Phi) is 9.76. The van der Waals surface area contributed by atoms with Crippen molar-refractivity contribution in [3.63, 3.8) is 0 Å². The largest absolute Gasteiger partial charge is 0.391 e. The Morgan fingerprint density at radius 3 is 2.30 bits per heavy atom. The molecule has 1 aliphatic heterocycles. The maximum atomic E-state index is 13.9. The van der Waals surface area contributed by atoms with Crippen LogP contribution in [0.2, 0.25) is 0 Å². The first-order chi connectivity index (χ1) is 22.3. The summed E-state index contributed by atoms with van der Waals surface area (Å²) in [6.45, 7) is 0.756. The topological polar surface area (TPSA) is 93.1 Å². The lowest BCUT2D eigenvalue weighted by molar-refractivity contribution is -0.127. The molecule has 7 nitrogen and oxygen atoms in total. The van der Waals surface area contributed by atoms with E-state index in [1.165, 1.54) is 12.1 Å². The summed E-state index contributed by atoms with van der Waals surface area (Å²) in [7, 11) is 0. The van der Waals surface area contributed by atoms with Crippen LogP contribution in [0.1, 0.15) is 40.3 Å². The summed E-state index contributed by atoms with van der Waals surface area (Å²) in [5.74, 6) is -1.19. The average Bonchev–Trinajstić information content (AvgIpc) is 3.52. The summed E-state index contributed by atoms with van der Waals surface area (Å²) in [6.07, 6.45) is -0.0892. The Balaban J connectivity index is 1.19. The van der Waals surface area contributed by atoms with E-state index in [0.29, 0.717) is 31.4 Å². The summed E-state index contributed by atoms with van der Waals surface area (Å²) in [5.41, 5.74) is 4.66. The molecule has 0 spiro atoms. The number of fused-ring (bicyclic) bond motifs is 1. The minimum absolute atomic E-state index is 0.0590. The van der Waals surface area contributed by atoms with Crippen LogP contribution >= 0.6 is 0 Å². The van der Waals surface area contributed by atoms with E-state index in [0.717, 1.165) is 22.3 Å². The zero-order chi connectivity index (χ0) is 32.0. The van der Waals surface area contributed by atoms with Crippen molar-refractivity contribution in [2.45, 2.75) is 56.5 Å². The number of amides is 3. The van der Waals surface area contributed by atoms with Gasteiger partial charge in [0.2, 0.25) is 5.91 Å². The Labute approximate surface area is 269 Å². The fourth-order valence-electron chi connectivity index (χ4n) is 6.88. The number of benzene rings is 4. The number of urea groups is 1. The van der Waals surface area contributed by atoms with Gasteiger partial charge in [-0.3, -0.25) is 4.79 Å². The molecule has 46 heavy (non-hydrogen) atoms. The number of carbonyl (C=O) groups is 2. The SMILES string of the molecule is O=C(NC1c2ccccc2C[C@H]1O)[C@H](Cc1ccccc1)C[C@H](O)CN1C(=O)N(Cc2cccc(F)c2)CC1Cc1ccccc1. The normalized spacial score (nSPS) is 20.4. The first-order valence-electron chi connectivity index (χ1n) is 16.0. The van der Waals surface area contributed by atoms with Crippen LogP contribution < -0.4 is 5.32 Å². The van der Waals surface area contributed by atoms with Crippen LogP contribution in [-0.4, -0.2) is 63.3 Å². The highest BCUT2D eigenvalue weighted by Gasteiger charge is 2.39. The van der Waals surface area contributed by atoms with Crippen molar-refractivity contribution in [2.75, 3.05) is 13.1 Å². The minimum atomic E-state index is -0.975. The highest BCUT2D eigenvalue weighted by atomic mass is 19.1. The number of nitrogens with one attached hydrogen (secondary N) is 1. The number of aliphatic hydroxyl groups excluding tert-OH is 2. The Morgan fingerprint density at radius 2 is 1.57 bits per heavy atom. The molecule has 6 rings (SSSR count). The monoisotopic (exact) mass is 621 g/mol. The second-order valence-electron chi connectivity index (χ2n) is 12.5. The van der Waals surface area contributed by atoms with Crippen molar-refractivity contribution < 1.29 is 24.2 Å². The van der Waals surface area contributed by atoms with Gasteiger partial charge in [-0.2, -0.15) is 0 Å². The molecule has 1 aliphatic carbocycles. The van der Waals surface area contributed by atoms with Gasteiger partial charge in [-0.25, -0.2) is 9.18 Å². The van der Waals surface area contributed by atoms with Gasteiger partial charge in [0.25, 0.3) is 0 Å². The van der Waals surface area contributed by atoms with E-state index in [2.05, 4.69) is 5.32 Å². The predicted molar refractivity (Wildman–Crippen MR) is 174 cm³/mol. The minimum Gasteiger partial charge on any atom is -0.391 e. The second kappa shape index (κ2) is 14.3. The van der Waals surface area contributed by atoms with Crippen molar-refractivity contribution in [3.05, 3.63) is 143 Å². The first-order valence-corrected chi connectivity index (χ1v) is 16.0. The summed E-state index contributed by atoms with van der Waals surface area (Å²) in [4.78, 5) is 31.0. The van der Waals surface area contributed by atoms with E-state index < -0.39 is 24.2 Å². The number of β-amino-alcohol motifs (C(OH)–C–C–N with tert-alkyl or cyclic N) is 1. The Bertz CT molecular complexity index is 1640. The standard InChI is InChI=1S/C38H40FN3O4/c39-31-16-9-14-28(19-31)23-41-24-32(20-27-12-5-2-6-13-27)42(38(41)46)25-33(43)21-30(18-26-10-3-1-4-11-26)37(45)40-36-34-17-8-7-15-29(34)22-35(36)44/h1-17,19,30,32-33,35-36,43-44H,18,20-25H2,(H,40,45)/t30-,32?,33+,35-,36?/m1/s1. The molecule has 1 heterocycles. The van der Waals surface area contributed by atoms with Gasteiger partial charge in [0.05, 0.1) is 24.3 Å². The molecule has 2 aliphatic rings. The van der Waals surface area contributed by atoms with Gasteiger partial charge < -0.3 is 25.3 Å². The van der Waals surface area contributed by atoms with Gasteiger partial charge in [0.1, 0.15) is 5.82 Å². The third kappa shape index (κ3) is 7.46. The molecule has 5 atom stereocenters. The summed E-state index contributed by atoms with van der Waals surface area (Å²) < 4.78 is 13.9. The lowest BCUT2D eigenvalue weighted by Crippen LogP contribution is -2.44. The maximum Gasteiger partial charge on any atom is 0.320 e. The molecule has 3 N–H and O–H groups in total. The molecular formula is C38H40FN3O4. The second-order valence-corrected chi connectivity index (χ2v) is 12.5. The highest BCUT2D eigenvalue weighted by Crippen LogP contribution is 2.32. The van der Waals surface area contributed by atoms with Crippen LogP contribution in [0.15, 0.2) is 109 Å². The van der Waals surface area contributed by atoms with Crippen LogP contribution in [0.5, 0.6) is 0 Å². The zero-order valence-corrected chi connectivity index (χ0v) is 25.7. The van der Waals surface area contributed by atoms with E-state index in [4.69, 9.17) is 0 Å². The molecule has 238 valence electrons. The molecule has 8 heteroatoms. The molecule has 2 unspecified atom stereocenters. The van der Waals surface area contributed by atoms with Crippen molar-refractivity contribution in [2.24, 2.45) is 5.92 Å². The fraction of sp³-hybridized carbons (Fsp3) is 0.316. The number of rotatable bonds is 12. The summed E-state index contributed by atoms with van der Waals surface area (Å²) in [6, 6.07) is 32.6. The van der Waals surface area contributed by atoms with Gasteiger partial charge >= 0.3 is 6.03 Å². The van der Waals surface area contributed by atoms with E-state index in [9.17, 15) is 24.2 Å². The van der Waals surface area contributed by atoms with E-state index in [1.54, 1.807) is 21.9 Å². The molecule has 0 aromatic heterocycles. The van der Waals surface area contributed by atoms with Gasteiger partial charge in [0.15, 0.2) is 0 Å². The van der Waals surface area contributed by atoms with Crippen molar-refractivity contribution in [1.82, 2.24) is 15.1 Å². The fourth-order valence-corrected chi connectivity index (χ4v) is 6.88. The van der Waals surface area contributed by atoms with Crippen LogP contribution in [0.3, 0.4) is 0 Å². The average molecular weight is 622 g/mol. The lowest BCUT2D eigenvalue weighted by Gasteiger charge is -2.28. The molecule has 4 aromatic carbocycles.